The first-order chi connectivity index (χ1) is 9.60. The number of hydrogen-bond donors (Lipinski definition) is 0. The Hall–Kier alpha value is -1.34. The predicted octanol–water partition coefficient (Wildman–Crippen LogP) is 4.52. The highest BCUT2D eigenvalue weighted by atomic mass is 127. The van der Waals surface area contributed by atoms with Crippen LogP contribution in [-0.2, 0) is 12.5 Å². The molecule has 0 N–H and O–H groups in total. The minimum atomic E-state index is -0.457. The van der Waals surface area contributed by atoms with Gasteiger partial charge in [0.05, 0.1) is 4.92 Å². The van der Waals surface area contributed by atoms with Crippen molar-refractivity contribution in [2.75, 3.05) is 0 Å². The summed E-state index contributed by atoms with van der Waals surface area (Å²) in [5, 5.41) is 11.0. The Morgan fingerprint density at radius 1 is 1.15 bits per heavy atom. The van der Waals surface area contributed by atoms with Crippen LogP contribution in [0.15, 0.2) is 42.5 Å². The molecule has 4 nitrogen and oxygen atoms in total. The van der Waals surface area contributed by atoms with Gasteiger partial charge in [0, 0.05) is 15.5 Å². The summed E-state index contributed by atoms with van der Waals surface area (Å²) < 4.78 is 6.69. The fraction of sp³-hybridized carbons (Fsp3) is 0.143. The Bertz CT molecular complexity index is 616. The van der Waals surface area contributed by atoms with Gasteiger partial charge in [-0.05, 0) is 51.9 Å². The molecule has 2 rings (SSSR count). The van der Waals surface area contributed by atoms with Crippen LogP contribution >= 0.6 is 34.2 Å². The monoisotopic (exact) mass is 403 g/mol. The second-order valence-corrected chi connectivity index (χ2v) is 5.62. The molecule has 0 atom stereocenters. The second-order valence-electron chi connectivity index (χ2n) is 4.11. The summed E-state index contributed by atoms with van der Waals surface area (Å²) in [5.74, 6) is 0.532. The average molecular weight is 404 g/mol. The largest absolute Gasteiger partial charge is 0.482 e. The molecule has 2 aromatic carbocycles. The average Bonchev–Trinajstić information content (AvgIpc) is 2.46. The maximum Gasteiger partial charge on any atom is 0.310 e. The number of nitro groups is 1. The number of rotatable bonds is 5. The van der Waals surface area contributed by atoms with E-state index in [0.29, 0.717) is 0 Å². The van der Waals surface area contributed by atoms with Crippen molar-refractivity contribution in [2.24, 2.45) is 0 Å². The Kier molecular flexibility index (Phi) is 5.19. The molecule has 0 aromatic heterocycles. The van der Waals surface area contributed by atoms with Crippen molar-refractivity contribution in [2.45, 2.75) is 12.5 Å². The van der Waals surface area contributed by atoms with Gasteiger partial charge in [-0.15, -0.1) is 11.6 Å². The summed E-state index contributed by atoms with van der Waals surface area (Å²) >= 11 is 7.95. The lowest BCUT2D eigenvalue weighted by atomic mass is 10.2. The van der Waals surface area contributed by atoms with E-state index in [0.717, 1.165) is 14.7 Å². The SMILES string of the molecule is O=[N+]([O-])c1ccc(CCl)cc1OCc1ccc(I)cc1. The van der Waals surface area contributed by atoms with Crippen LogP contribution in [0.5, 0.6) is 5.75 Å². The van der Waals surface area contributed by atoms with Crippen molar-refractivity contribution in [3.63, 3.8) is 0 Å². The zero-order valence-corrected chi connectivity index (χ0v) is 13.3. The second kappa shape index (κ2) is 6.90. The van der Waals surface area contributed by atoms with Gasteiger partial charge in [-0.2, -0.15) is 0 Å². The summed E-state index contributed by atoms with van der Waals surface area (Å²) in [7, 11) is 0. The van der Waals surface area contributed by atoms with E-state index in [4.69, 9.17) is 16.3 Å². The van der Waals surface area contributed by atoms with Crippen LogP contribution in [-0.4, -0.2) is 4.92 Å². The lowest BCUT2D eigenvalue weighted by Crippen LogP contribution is -2.00. The topological polar surface area (TPSA) is 52.4 Å². The van der Waals surface area contributed by atoms with E-state index in [1.807, 2.05) is 24.3 Å². The molecule has 104 valence electrons. The van der Waals surface area contributed by atoms with Crippen molar-refractivity contribution in [1.82, 2.24) is 0 Å². The van der Waals surface area contributed by atoms with Gasteiger partial charge >= 0.3 is 5.69 Å². The number of nitro benzene ring substituents is 1. The number of alkyl halides is 1. The van der Waals surface area contributed by atoms with Crippen LogP contribution in [0.1, 0.15) is 11.1 Å². The normalized spacial score (nSPS) is 10.3. The maximum atomic E-state index is 11.0. The summed E-state index contributed by atoms with van der Waals surface area (Å²) in [5.41, 5.74) is 1.69. The molecule has 0 aliphatic rings. The first-order valence-electron chi connectivity index (χ1n) is 5.80. The van der Waals surface area contributed by atoms with Gasteiger partial charge in [0.2, 0.25) is 0 Å². The lowest BCUT2D eigenvalue weighted by Gasteiger charge is -2.08. The van der Waals surface area contributed by atoms with Gasteiger partial charge in [0.25, 0.3) is 0 Å². The molecule has 0 saturated heterocycles. The van der Waals surface area contributed by atoms with Crippen molar-refractivity contribution in [1.29, 1.82) is 0 Å². The highest BCUT2D eigenvalue weighted by Gasteiger charge is 2.15. The Balaban J connectivity index is 2.18. The van der Waals surface area contributed by atoms with Crippen LogP contribution in [0, 0.1) is 13.7 Å². The van der Waals surface area contributed by atoms with E-state index in [9.17, 15) is 10.1 Å². The molecular formula is C14H11ClINO3. The molecule has 0 unspecified atom stereocenters. The van der Waals surface area contributed by atoms with E-state index >= 15 is 0 Å². The van der Waals surface area contributed by atoms with Crippen molar-refractivity contribution in [3.05, 3.63) is 67.3 Å². The zero-order valence-electron chi connectivity index (χ0n) is 10.4. The third-order valence-corrected chi connectivity index (χ3v) is 3.71. The van der Waals surface area contributed by atoms with E-state index in [-0.39, 0.29) is 23.9 Å². The third-order valence-electron chi connectivity index (χ3n) is 2.68. The molecule has 0 aliphatic heterocycles. The molecular weight excluding hydrogens is 393 g/mol. The van der Waals surface area contributed by atoms with Crippen LogP contribution < -0.4 is 4.74 Å². The molecule has 0 saturated carbocycles. The number of ether oxygens (including phenoxy) is 1. The van der Waals surface area contributed by atoms with Crippen molar-refractivity contribution in [3.8, 4) is 5.75 Å². The fourth-order valence-electron chi connectivity index (χ4n) is 1.65. The van der Waals surface area contributed by atoms with Crippen LogP contribution in [0.25, 0.3) is 0 Å². The molecule has 0 amide bonds. The Labute approximate surface area is 135 Å². The molecule has 0 radical (unpaired) electrons. The first-order valence-corrected chi connectivity index (χ1v) is 7.42. The lowest BCUT2D eigenvalue weighted by molar-refractivity contribution is -0.386. The Morgan fingerprint density at radius 2 is 1.80 bits per heavy atom. The van der Waals surface area contributed by atoms with E-state index < -0.39 is 4.92 Å². The quantitative estimate of drug-likeness (QED) is 0.319. The minimum Gasteiger partial charge on any atom is -0.482 e. The first kappa shape index (κ1) is 15.1. The number of halogens is 2. The molecule has 0 spiro atoms. The van der Waals surface area contributed by atoms with E-state index in [1.165, 1.54) is 6.07 Å². The molecule has 2 aromatic rings. The van der Waals surface area contributed by atoms with Crippen LogP contribution in [0.4, 0.5) is 5.69 Å². The molecule has 6 heteroatoms. The molecule has 0 bridgehead atoms. The van der Waals surface area contributed by atoms with Crippen LogP contribution in [0.3, 0.4) is 0 Å². The van der Waals surface area contributed by atoms with Gasteiger partial charge in [-0.25, -0.2) is 0 Å². The molecule has 0 fully saturated rings. The van der Waals surface area contributed by atoms with Gasteiger partial charge in [0.1, 0.15) is 6.61 Å². The van der Waals surface area contributed by atoms with E-state index in [1.54, 1.807) is 12.1 Å². The minimum absolute atomic E-state index is 0.0515. The molecule has 0 aliphatic carbocycles. The fourth-order valence-corrected chi connectivity index (χ4v) is 2.18. The molecule has 20 heavy (non-hydrogen) atoms. The van der Waals surface area contributed by atoms with Gasteiger partial charge in [-0.1, -0.05) is 18.2 Å². The van der Waals surface area contributed by atoms with Gasteiger partial charge in [0.15, 0.2) is 5.75 Å². The standard InChI is InChI=1S/C14H11ClINO3/c15-8-11-3-6-13(17(18)19)14(7-11)20-9-10-1-4-12(16)5-2-10/h1-7H,8-9H2. The summed E-state index contributed by atoms with van der Waals surface area (Å²) in [6.07, 6.45) is 0. The van der Waals surface area contributed by atoms with Gasteiger partial charge < -0.3 is 4.74 Å². The number of hydrogen-bond acceptors (Lipinski definition) is 3. The zero-order chi connectivity index (χ0) is 14.5. The predicted molar refractivity (Wildman–Crippen MR) is 86.1 cm³/mol. The third kappa shape index (κ3) is 3.83. The maximum absolute atomic E-state index is 11.0. The highest BCUT2D eigenvalue weighted by molar-refractivity contribution is 14.1. The molecule has 0 heterocycles. The van der Waals surface area contributed by atoms with Gasteiger partial charge in [-0.3, -0.25) is 10.1 Å². The van der Waals surface area contributed by atoms with Crippen molar-refractivity contribution < 1.29 is 9.66 Å². The van der Waals surface area contributed by atoms with Crippen LogP contribution in [0.2, 0.25) is 0 Å². The number of nitrogens with zero attached hydrogens (tertiary/aromatic N) is 1. The van der Waals surface area contributed by atoms with Crippen molar-refractivity contribution >= 4 is 39.9 Å². The summed E-state index contributed by atoms with van der Waals surface area (Å²) in [6, 6.07) is 12.4. The summed E-state index contributed by atoms with van der Waals surface area (Å²) in [4.78, 5) is 10.5. The highest BCUT2D eigenvalue weighted by Crippen LogP contribution is 2.29. The summed E-state index contributed by atoms with van der Waals surface area (Å²) in [6.45, 7) is 0.281. The smallest absolute Gasteiger partial charge is 0.310 e. The van der Waals surface area contributed by atoms with E-state index in [2.05, 4.69) is 22.6 Å². The Morgan fingerprint density at radius 3 is 2.40 bits per heavy atom. The number of benzene rings is 2.